The van der Waals surface area contributed by atoms with Crippen molar-refractivity contribution in [2.75, 3.05) is 37.7 Å². The Morgan fingerprint density at radius 3 is 2.52 bits per heavy atom. The van der Waals surface area contributed by atoms with Crippen molar-refractivity contribution < 1.29 is 23.8 Å². The number of pyridine rings is 1. The molecule has 0 bridgehead atoms. The number of carbonyl (C=O) groups is 2. The quantitative estimate of drug-likeness (QED) is 0.195. The van der Waals surface area contributed by atoms with Crippen LogP contribution in [0.2, 0.25) is 0 Å². The van der Waals surface area contributed by atoms with Gasteiger partial charge in [-0.05, 0) is 85.1 Å². The first-order chi connectivity index (χ1) is 25.2. The van der Waals surface area contributed by atoms with Crippen LogP contribution in [0.3, 0.4) is 0 Å². The molecule has 52 heavy (non-hydrogen) atoms. The molecule has 264 valence electrons. The second-order valence-electron chi connectivity index (χ2n) is 13.6. The molecular formula is C41H39FN6O4. The van der Waals surface area contributed by atoms with Crippen molar-refractivity contribution in [2.45, 2.75) is 25.9 Å². The second-order valence-corrected chi connectivity index (χ2v) is 13.6. The van der Waals surface area contributed by atoms with Crippen LogP contribution >= 0.6 is 0 Å². The third-order valence-electron chi connectivity index (χ3n) is 10.2. The standard InChI is InChI=1S/C41H39FN6O4/c1-26-36(41(51)48(31-8-10-34(49)11-9-31)32-20-28-13-14-45(2)39(28)43-23-32)22-38(44-26)37-21-30(42)7-12-35(37)40(50)47-24-29-6-4-3-5-27(29)19-33(47)25-46-15-17-52-18-16-46/h3-14,20-23,33,44,49H,15-19,24-25H2,1-2H3/t33-/m0/s1. The summed E-state index contributed by atoms with van der Waals surface area (Å²) in [7, 11) is 1.91. The van der Waals surface area contributed by atoms with Crippen molar-refractivity contribution in [1.82, 2.24) is 24.3 Å². The molecule has 0 saturated carbocycles. The van der Waals surface area contributed by atoms with Crippen molar-refractivity contribution in [3.8, 4) is 17.0 Å². The highest BCUT2D eigenvalue weighted by atomic mass is 19.1. The maximum absolute atomic E-state index is 15.1. The van der Waals surface area contributed by atoms with Crippen molar-refractivity contribution in [3.05, 3.63) is 131 Å². The maximum Gasteiger partial charge on any atom is 0.264 e. The Bertz CT molecular complexity index is 2290. The topological polar surface area (TPSA) is 107 Å². The number of hydrogen-bond acceptors (Lipinski definition) is 6. The monoisotopic (exact) mass is 698 g/mol. The molecule has 2 amide bonds. The van der Waals surface area contributed by atoms with E-state index < -0.39 is 5.82 Å². The number of morpholine rings is 1. The van der Waals surface area contributed by atoms with Gasteiger partial charge >= 0.3 is 0 Å². The minimum absolute atomic E-state index is 0.0700. The van der Waals surface area contributed by atoms with Gasteiger partial charge in [-0.3, -0.25) is 19.4 Å². The van der Waals surface area contributed by atoms with E-state index in [4.69, 9.17) is 4.74 Å². The number of halogens is 1. The zero-order valence-electron chi connectivity index (χ0n) is 29.1. The van der Waals surface area contributed by atoms with Gasteiger partial charge in [-0.2, -0.15) is 0 Å². The molecule has 3 aromatic carbocycles. The minimum atomic E-state index is -0.492. The molecule has 11 heteroatoms. The number of hydrogen-bond donors (Lipinski definition) is 2. The second kappa shape index (κ2) is 13.7. The number of anilines is 2. The minimum Gasteiger partial charge on any atom is -0.508 e. The third-order valence-corrected chi connectivity index (χ3v) is 10.2. The van der Waals surface area contributed by atoms with E-state index >= 15 is 4.39 Å². The number of H-pyrrole nitrogens is 1. The summed E-state index contributed by atoms with van der Waals surface area (Å²) in [5, 5.41) is 10.9. The van der Waals surface area contributed by atoms with Gasteiger partial charge in [0.2, 0.25) is 0 Å². The summed E-state index contributed by atoms with van der Waals surface area (Å²) in [4.78, 5) is 42.9. The molecular weight excluding hydrogens is 659 g/mol. The van der Waals surface area contributed by atoms with E-state index in [1.807, 2.05) is 47.0 Å². The van der Waals surface area contributed by atoms with Gasteiger partial charge in [0, 0.05) is 79.1 Å². The molecule has 0 aliphatic carbocycles. The Kier molecular flexibility index (Phi) is 8.82. The fourth-order valence-corrected chi connectivity index (χ4v) is 7.45. The van der Waals surface area contributed by atoms with E-state index in [-0.39, 0.29) is 23.6 Å². The van der Waals surface area contributed by atoms with Gasteiger partial charge in [-0.25, -0.2) is 9.37 Å². The number of rotatable bonds is 7. The molecule has 0 radical (unpaired) electrons. The summed E-state index contributed by atoms with van der Waals surface area (Å²) in [6, 6.07) is 24.2. The van der Waals surface area contributed by atoms with Crippen LogP contribution in [0.1, 0.15) is 37.5 Å². The number of phenolic OH excluding ortho intramolecular Hbond substituents is 1. The van der Waals surface area contributed by atoms with E-state index in [0.29, 0.717) is 72.2 Å². The number of amides is 2. The normalized spacial score (nSPS) is 16.2. The van der Waals surface area contributed by atoms with Crippen molar-refractivity contribution in [1.29, 1.82) is 0 Å². The average molecular weight is 699 g/mol. The average Bonchev–Trinajstić information content (AvgIpc) is 3.74. The lowest BCUT2D eigenvalue weighted by atomic mass is 9.92. The SMILES string of the molecule is Cc1[nH]c(-c2cc(F)ccc2C(=O)N2Cc3ccccc3C[C@H]2CN2CCOCC2)cc1C(=O)N(c1ccc(O)cc1)c1cnc2c(ccn2C)c1. The molecule has 0 unspecified atom stereocenters. The largest absolute Gasteiger partial charge is 0.508 e. The fourth-order valence-electron chi connectivity index (χ4n) is 7.45. The Morgan fingerprint density at radius 2 is 1.73 bits per heavy atom. The van der Waals surface area contributed by atoms with E-state index in [9.17, 15) is 14.7 Å². The van der Waals surface area contributed by atoms with E-state index in [0.717, 1.165) is 29.7 Å². The summed E-state index contributed by atoms with van der Waals surface area (Å²) in [6.45, 7) is 5.86. The number of fused-ring (bicyclic) bond motifs is 2. The lowest BCUT2D eigenvalue weighted by molar-refractivity contribution is 0.0193. The van der Waals surface area contributed by atoms with Gasteiger partial charge in [0.25, 0.3) is 11.8 Å². The number of aromatic nitrogens is 3. The van der Waals surface area contributed by atoms with Crippen LogP contribution in [0, 0.1) is 12.7 Å². The highest BCUT2D eigenvalue weighted by Crippen LogP contribution is 2.35. The van der Waals surface area contributed by atoms with Gasteiger partial charge in [-0.1, -0.05) is 24.3 Å². The van der Waals surface area contributed by atoms with E-state index in [1.165, 1.54) is 34.7 Å². The predicted molar refractivity (Wildman–Crippen MR) is 197 cm³/mol. The maximum atomic E-state index is 15.1. The van der Waals surface area contributed by atoms with Crippen LogP contribution in [-0.2, 0) is 24.8 Å². The molecule has 8 rings (SSSR count). The van der Waals surface area contributed by atoms with Gasteiger partial charge in [-0.15, -0.1) is 0 Å². The van der Waals surface area contributed by atoms with E-state index in [2.05, 4.69) is 27.0 Å². The first-order valence-electron chi connectivity index (χ1n) is 17.5. The lowest BCUT2D eigenvalue weighted by Crippen LogP contribution is -2.52. The number of nitrogens with zero attached hydrogens (tertiary/aromatic N) is 5. The van der Waals surface area contributed by atoms with Crippen molar-refractivity contribution in [2.24, 2.45) is 7.05 Å². The summed E-state index contributed by atoms with van der Waals surface area (Å²) >= 11 is 0. The first-order valence-corrected chi connectivity index (χ1v) is 17.5. The molecule has 2 aliphatic rings. The summed E-state index contributed by atoms with van der Waals surface area (Å²) in [5.74, 6) is -0.977. The Morgan fingerprint density at radius 1 is 0.962 bits per heavy atom. The van der Waals surface area contributed by atoms with Crippen LogP contribution in [0.15, 0.2) is 97.3 Å². The predicted octanol–water partition coefficient (Wildman–Crippen LogP) is 6.60. The molecule has 5 heterocycles. The number of phenols is 1. The highest BCUT2D eigenvalue weighted by molar-refractivity contribution is 6.13. The number of benzene rings is 3. The van der Waals surface area contributed by atoms with Gasteiger partial charge in [0.05, 0.1) is 30.7 Å². The number of aryl methyl sites for hydroxylation is 2. The number of carbonyl (C=O) groups excluding carboxylic acids is 2. The van der Waals surface area contributed by atoms with Crippen LogP contribution < -0.4 is 4.90 Å². The number of nitrogens with one attached hydrogen (secondary N) is 1. The van der Waals surface area contributed by atoms with Gasteiger partial charge < -0.3 is 24.3 Å². The van der Waals surface area contributed by atoms with Gasteiger partial charge in [0.1, 0.15) is 17.2 Å². The molecule has 3 aromatic heterocycles. The van der Waals surface area contributed by atoms with Crippen LogP contribution in [-0.4, -0.2) is 80.1 Å². The first kappa shape index (κ1) is 33.4. The van der Waals surface area contributed by atoms with Crippen LogP contribution in [0.25, 0.3) is 22.3 Å². The highest BCUT2D eigenvalue weighted by Gasteiger charge is 2.34. The van der Waals surface area contributed by atoms with E-state index in [1.54, 1.807) is 37.4 Å². The Labute approximate surface area is 300 Å². The molecule has 2 aliphatic heterocycles. The molecule has 1 saturated heterocycles. The van der Waals surface area contributed by atoms with Crippen LogP contribution in [0.5, 0.6) is 5.75 Å². The zero-order chi connectivity index (χ0) is 35.9. The van der Waals surface area contributed by atoms with Crippen LogP contribution in [0.4, 0.5) is 15.8 Å². The summed E-state index contributed by atoms with van der Waals surface area (Å²) in [5.41, 5.74) is 6.24. The Balaban J connectivity index is 1.16. The molecule has 10 nitrogen and oxygen atoms in total. The lowest BCUT2D eigenvalue weighted by Gasteiger charge is -2.40. The summed E-state index contributed by atoms with van der Waals surface area (Å²) in [6.07, 6.45) is 4.26. The third kappa shape index (κ3) is 6.33. The Hall–Kier alpha value is -5.78. The molecule has 6 aromatic rings. The molecule has 0 spiro atoms. The molecule has 2 N–H and O–H groups in total. The number of aromatic amines is 1. The number of ether oxygens (including phenoxy) is 1. The van der Waals surface area contributed by atoms with Crippen molar-refractivity contribution >= 4 is 34.2 Å². The molecule has 1 fully saturated rings. The summed E-state index contributed by atoms with van der Waals surface area (Å²) < 4.78 is 22.5. The zero-order valence-corrected chi connectivity index (χ0v) is 29.1. The number of aromatic hydroxyl groups is 1. The fraction of sp³-hybridized carbons (Fsp3) is 0.244. The van der Waals surface area contributed by atoms with Gasteiger partial charge in [0.15, 0.2) is 0 Å². The smallest absolute Gasteiger partial charge is 0.264 e. The van der Waals surface area contributed by atoms with Crippen molar-refractivity contribution in [3.63, 3.8) is 0 Å². The molecule has 1 atom stereocenters.